The molecule has 6 nitrogen and oxygen atoms in total. The van der Waals surface area contributed by atoms with Crippen LogP contribution in [0.15, 0.2) is 24.3 Å². The Balaban J connectivity index is 1.54. The summed E-state index contributed by atoms with van der Waals surface area (Å²) in [5.74, 6) is 2.42. The largest absolute Gasteiger partial charge is 0.495 e. The van der Waals surface area contributed by atoms with Crippen molar-refractivity contribution in [1.29, 1.82) is 0 Å². The Hall–Kier alpha value is -2.21. The number of anilines is 1. The van der Waals surface area contributed by atoms with E-state index in [2.05, 4.69) is 27.4 Å². The number of para-hydroxylation sites is 2. The highest BCUT2D eigenvalue weighted by molar-refractivity contribution is 5.59. The second kappa shape index (κ2) is 7.78. The zero-order valence-electron chi connectivity index (χ0n) is 15.6. The van der Waals surface area contributed by atoms with Crippen molar-refractivity contribution in [3.8, 4) is 11.6 Å². The average Bonchev–Trinajstić information content (AvgIpc) is 3.19. The summed E-state index contributed by atoms with van der Waals surface area (Å²) in [6, 6.07) is 8.25. The first-order chi connectivity index (χ1) is 12.1. The first-order valence-electron chi connectivity index (χ1n) is 8.79. The molecule has 1 N–H and O–H groups in total. The number of aryl methyl sites for hydroxylation is 2. The van der Waals surface area contributed by atoms with Gasteiger partial charge in [0, 0.05) is 33.2 Å². The highest BCUT2D eigenvalue weighted by Gasteiger charge is 2.24. The van der Waals surface area contributed by atoms with E-state index in [4.69, 9.17) is 9.47 Å². The molecule has 1 fully saturated rings. The van der Waals surface area contributed by atoms with Gasteiger partial charge in [0.05, 0.1) is 31.2 Å². The monoisotopic (exact) mass is 344 g/mol. The number of hydrogen-bond acceptors (Lipinski definition) is 5. The highest BCUT2D eigenvalue weighted by atomic mass is 16.5. The Morgan fingerprint density at radius 2 is 2.04 bits per heavy atom. The summed E-state index contributed by atoms with van der Waals surface area (Å²) in [5, 5.41) is 8.01. The molecule has 3 rings (SSSR count). The minimum Gasteiger partial charge on any atom is -0.495 e. The second-order valence-corrected chi connectivity index (χ2v) is 6.60. The van der Waals surface area contributed by atoms with Crippen molar-refractivity contribution in [2.24, 2.45) is 13.0 Å². The summed E-state index contributed by atoms with van der Waals surface area (Å²) in [6.45, 7) is 5.92. The van der Waals surface area contributed by atoms with E-state index in [1.165, 1.54) is 12.1 Å². The predicted molar refractivity (Wildman–Crippen MR) is 99.5 cm³/mol. The number of aromatic nitrogens is 2. The maximum absolute atomic E-state index is 5.49. The third-order valence-electron chi connectivity index (χ3n) is 4.93. The molecule has 1 aliphatic rings. The molecule has 0 radical (unpaired) electrons. The van der Waals surface area contributed by atoms with Gasteiger partial charge in [0.1, 0.15) is 5.75 Å². The normalized spacial score (nSPS) is 17.1. The summed E-state index contributed by atoms with van der Waals surface area (Å²) in [4.78, 5) is 2.42. The molecule has 1 aliphatic heterocycles. The van der Waals surface area contributed by atoms with Crippen LogP contribution in [0.4, 0.5) is 5.69 Å². The van der Waals surface area contributed by atoms with Gasteiger partial charge in [0.15, 0.2) is 0 Å². The Bertz CT molecular complexity index is 713. The Labute approximate surface area is 149 Å². The predicted octanol–water partition coefficient (Wildman–Crippen LogP) is 2.36. The molecule has 0 unspecified atom stereocenters. The number of nitrogens with zero attached hydrogens (tertiary/aromatic N) is 3. The maximum Gasteiger partial charge on any atom is 0.216 e. The van der Waals surface area contributed by atoms with E-state index >= 15 is 0 Å². The summed E-state index contributed by atoms with van der Waals surface area (Å²) < 4.78 is 12.7. The van der Waals surface area contributed by atoms with Gasteiger partial charge in [-0.25, -0.2) is 4.68 Å². The van der Waals surface area contributed by atoms with Crippen molar-refractivity contribution in [2.75, 3.05) is 38.8 Å². The molecule has 6 heteroatoms. The lowest BCUT2D eigenvalue weighted by Gasteiger charge is -2.21. The van der Waals surface area contributed by atoms with Crippen LogP contribution in [0, 0.1) is 12.8 Å². The van der Waals surface area contributed by atoms with E-state index in [1.54, 1.807) is 18.9 Å². The van der Waals surface area contributed by atoms with Gasteiger partial charge < -0.3 is 19.7 Å². The van der Waals surface area contributed by atoms with Gasteiger partial charge in [-0.05, 0) is 31.4 Å². The van der Waals surface area contributed by atoms with Crippen LogP contribution in [0.2, 0.25) is 0 Å². The van der Waals surface area contributed by atoms with Crippen LogP contribution in [-0.4, -0.2) is 43.6 Å². The third kappa shape index (κ3) is 3.74. The van der Waals surface area contributed by atoms with E-state index in [0.717, 1.165) is 49.1 Å². The molecule has 2 aromatic rings. The van der Waals surface area contributed by atoms with Crippen LogP contribution in [0.3, 0.4) is 0 Å². The molecule has 0 aliphatic carbocycles. The number of methoxy groups -OCH3 is 2. The first kappa shape index (κ1) is 17.6. The van der Waals surface area contributed by atoms with Gasteiger partial charge in [0.25, 0.3) is 0 Å². The summed E-state index contributed by atoms with van der Waals surface area (Å²) in [5.41, 5.74) is 3.36. The quantitative estimate of drug-likeness (QED) is 0.836. The fourth-order valence-electron chi connectivity index (χ4n) is 3.65. The lowest BCUT2D eigenvalue weighted by Crippen LogP contribution is -2.26. The molecule has 1 aromatic heterocycles. The molecule has 1 atom stereocenters. The molecule has 136 valence electrons. The zero-order valence-corrected chi connectivity index (χ0v) is 15.6. The van der Waals surface area contributed by atoms with Crippen molar-refractivity contribution in [2.45, 2.75) is 19.9 Å². The standard InChI is InChI=1S/C19H28N4O2/c1-14-16(19(25-4)22(2)21-14)12-20-11-15-9-10-23(13-15)17-7-5-6-8-18(17)24-3/h5-8,15,20H,9-13H2,1-4H3/t15-/m0/s1. The lowest BCUT2D eigenvalue weighted by molar-refractivity contribution is 0.367. The van der Waals surface area contributed by atoms with E-state index < -0.39 is 0 Å². The number of benzene rings is 1. The van der Waals surface area contributed by atoms with Crippen LogP contribution < -0.4 is 19.7 Å². The molecule has 0 saturated carbocycles. The molecule has 0 spiro atoms. The van der Waals surface area contributed by atoms with Crippen molar-refractivity contribution < 1.29 is 9.47 Å². The van der Waals surface area contributed by atoms with Gasteiger partial charge in [-0.3, -0.25) is 0 Å². The molecule has 2 heterocycles. The summed E-state index contributed by atoms with van der Waals surface area (Å²) in [6.07, 6.45) is 1.19. The highest BCUT2D eigenvalue weighted by Crippen LogP contribution is 2.31. The smallest absolute Gasteiger partial charge is 0.216 e. The van der Waals surface area contributed by atoms with Crippen molar-refractivity contribution in [3.05, 3.63) is 35.5 Å². The zero-order chi connectivity index (χ0) is 17.8. The van der Waals surface area contributed by atoms with Crippen molar-refractivity contribution in [3.63, 3.8) is 0 Å². The van der Waals surface area contributed by atoms with Crippen LogP contribution >= 0.6 is 0 Å². The topological polar surface area (TPSA) is 51.5 Å². The number of nitrogens with one attached hydrogen (secondary N) is 1. The Morgan fingerprint density at radius 3 is 2.80 bits per heavy atom. The van der Waals surface area contributed by atoms with E-state index in [-0.39, 0.29) is 0 Å². The number of hydrogen-bond donors (Lipinski definition) is 1. The molecule has 1 saturated heterocycles. The van der Waals surface area contributed by atoms with E-state index in [0.29, 0.717) is 5.92 Å². The van der Waals surface area contributed by atoms with Crippen LogP contribution in [-0.2, 0) is 13.6 Å². The van der Waals surface area contributed by atoms with Crippen molar-refractivity contribution >= 4 is 5.69 Å². The van der Waals surface area contributed by atoms with Gasteiger partial charge in [0.2, 0.25) is 5.88 Å². The molecule has 0 bridgehead atoms. The number of rotatable bonds is 7. The summed E-state index contributed by atoms with van der Waals surface area (Å²) in [7, 11) is 5.34. The fraction of sp³-hybridized carbons (Fsp3) is 0.526. The van der Waals surface area contributed by atoms with Crippen LogP contribution in [0.1, 0.15) is 17.7 Å². The minimum absolute atomic E-state index is 0.632. The molecule has 25 heavy (non-hydrogen) atoms. The molecular weight excluding hydrogens is 316 g/mol. The Kier molecular flexibility index (Phi) is 5.48. The van der Waals surface area contributed by atoms with Gasteiger partial charge >= 0.3 is 0 Å². The minimum atomic E-state index is 0.632. The van der Waals surface area contributed by atoms with E-state index in [1.807, 2.05) is 26.1 Å². The van der Waals surface area contributed by atoms with Gasteiger partial charge in [-0.1, -0.05) is 12.1 Å². The average molecular weight is 344 g/mol. The molecule has 1 aromatic carbocycles. The van der Waals surface area contributed by atoms with Crippen LogP contribution in [0.5, 0.6) is 11.6 Å². The maximum atomic E-state index is 5.49. The number of ether oxygens (including phenoxy) is 2. The fourth-order valence-corrected chi connectivity index (χ4v) is 3.65. The van der Waals surface area contributed by atoms with Crippen LogP contribution in [0.25, 0.3) is 0 Å². The Morgan fingerprint density at radius 1 is 1.24 bits per heavy atom. The van der Waals surface area contributed by atoms with Crippen molar-refractivity contribution in [1.82, 2.24) is 15.1 Å². The summed E-state index contributed by atoms with van der Waals surface area (Å²) >= 11 is 0. The SMILES string of the molecule is COc1ccccc1N1CC[C@@H](CNCc2c(C)nn(C)c2OC)C1. The molecular formula is C19H28N4O2. The first-order valence-corrected chi connectivity index (χ1v) is 8.79. The lowest BCUT2D eigenvalue weighted by atomic mass is 10.1. The second-order valence-electron chi connectivity index (χ2n) is 6.60. The van der Waals surface area contributed by atoms with Gasteiger partial charge in [-0.2, -0.15) is 5.10 Å². The van der Waals surface area contributed by atoms with Gasteiger partial charge in [-0.15, -0.1) is 0 Å². The third-order valence-corrected chi connectivity index (χ3v) is 4.93. The van der Waals surface area contributed by atoms with E-state index in [9.17, 15) is 0 Å². The molecule has 0 amide bonds.